The number of carboxylic acid groups (broad SMARTS) is 1. The zero-order valence-electron chi connectivity index (χ0n) is 11.2. The van der Waals surface area contributed by atoms with Gasteiger partial charge in [-0.3, -0.25) is 4.79 Å². The predicted octanol–water partition coefficient (Wildman–Crippen LogP) is 1.84. The maximum atomic E-state index is 10.8. The van der Waals surface area contributed by atoms with E-state index in [0.29, 0.717) is 5.56 Å². The molecule has 0 fully saturated rings. The molecular weight excluding hydrogens is 284 g/mol. The molecule has 7 nitrogen and oxygen atoms in total. The molecule has 0 saturated heterocycles. The molecule has 0 spiro atoms. The molecule has 108 valence electrons. The summed E-state index contributed by atoms with van der Waals surface area (Å²) >= 11 is 0. The van der Waals surface area contributed by atoms with Crippen molar-refractivity contribution in [2.24, 2.45) is 0 Å². The highest BCUT2D eigenvalue weighted by atomic mass is 16.4. The quantitative estimate of drug-likeness (QED) is 0.737. The van der Waals surface area contributed by atoms with Crippen molar-refractivity contribution in [1.29, 1.82) is 0 Å². The first-order valence-corrected chi connectivity index (χ1v) is 6.33. The van der Waals surface area contributed by atoms with E-state index in [-0.39, 0.29) is 11.5 Å². The molecule has 0 aliphatic carbocycles. The Balaban J connectivity index is 1.87. The van der Waals surface area contributed by atoms with Gasteiger partial charge in [-0.25, -0.2) is 19.4 Å². The van der Waals surface area contributed by atoms with Gasteiger partial charge in [0, 0.05) is 29.7 Å². The molecule has 0 unspecified atom stereocenters. The molecule has 0 bridgehead atoms. The van der Waals surface area contributed by atoms with Crippen LogP contribution in [0.25, 0.3) is 17.1 Å². The lowest BCUT2D eigenvalue weighted by atomic mass is 10.1. The van der Waals surface area contributed by atoms with Crippen molar-refractivity contribution in [3.8, 4) is 17.1 Å². The smallest absolute Gasteiger partial charge is 0.338 e. The molecule has 0 atom stereocenters. The fourth-order valence-corrected chi connectivity index (χ4v) is 1.89. The van der Waals surface area contributed by atoms with Gasteiger partial charge >= 0.3 is 5.97 Å². The van der Waals surface area contributed by atoms with Crippen LogP contribution < -0.4 is 0 Å². The Bertz CT molecular complexity index is 823. The third kappa shape index (κ3) is 2.59. The maximum Gasteiger partial charge on any atom is 0.338 e. The molecule has 7 heteroatoms. The second kappa shape index (κ2) is 5.57. The van der Waals surface area contributed by atoms with Crippen LogP contribution in [0.15, 0.2) is 49.1 Å². The minimum atomic E-state index is -1.06. The molecule has 0 aliphatic rings. The number of carboxylic acids is 1. The number of benzene rings is 1. The standard InChI is InChI=1S/C15H10N4O3/c20-9-10-1-3-11(4-2-10)12-5-16-15(17-6-12)19-8-13(7-18-19)14(21)22/h1-9H,(H,21,22). The molecule has 3 aromatic rings. The van der Waals surface area contributed by atoms with Crippen molar-refractivity contribution >= 4 is 12.3 Å². The summed E-state index contributed by atoms with van der Waals surface area (Å²) < 4.78 is 1.29. The first-order valence-electron chi connectivity index (χ1n) is 6.33. The molecule has 0 aliphatic heterocycles. The van der Waals surface area contributed by atoms with E-state index in [1.807, 2.05) is 0 Å². The minimum absolute atomic E-state index is 0.0668. The summed E-state index contributed by atoms with van der Waals surface area (Å²) in [5.41, 5.74) is 2.33. The van der Waals surface area contributed by atoms with Crippen LogP contribution in [0.4, 0.5) is 0 Å². The summed E-state index contributed by atoms with van der Waals surface area (Å²) in [7, 11) is 0. The van der Waals surface area contributed by atoms with Crippen LogP contribution in [0.2, 0.25) is 0 Å². The van der Waals surface area contributed by atoms with Gasteiger partial charge in [0.2, 0.25) is 5.95 Å². The first kappa shape index (κ1) is 13.6. The van der Waals surface area contributed by atoms with Gasteiger partial charge in [-0.05, 0) is 5.56 Å². The molecule has 1 N–H and O–H groups in total. The summed E-state index contributed by atoms with van der Waals surface area (Å²) in [5, 5.41) is 12.8. The average Bonchev–Trinajstić information content (AvgIpc) is 3.05. The van der Waals surface area contributed by atoms with Gasteiger partial charge in [-0.1, -0.05) is 24.3 Å². The molecule has 0 amide bonds. The molecule has 0 saturated carbocycles. The Morgan fingerprint density at radius 1 is 1.05 bits per heavy atom. The number of hydrogen-bond acceptors (Lipinski definition) is 5. The van der Waals surface area contributed by atoms with Crippen molar-refractivity contribution in [3.05, 3.63) is 60.2 Å². The molecule has 22 heavy (non-hydrogen) atoms. The Morgan fingerprint density at radius 3 is 2.27 bits per heavy atom. The second-order valence-electron chi connectivity index (χ2n) is 4.49. The number of aldehydes is 1. The van der Waals surface area contributed by atoms with Gasteiger partial charge in [-0.15, -0.1) is 0 Å². The summed E-state index contributed by atoms with van der Waals surface area (Å²) in [6.07, 6.45) is 6.58. The number of aromatic nitrogens is 4. The maximum absolute atomic E-state index is 10.8. The fourth-order valence-electron chi connectivity index (χ4n) is 1.89. The van der Waals surface area contributed by atoms with Crippen LogP contribution in [0.1, 0.15) is 20.7 Å². The normalized spacial score (nSPS) is 10.4. The van der Waals surface area contributed by atoms with Crippen molar-refractivity contribution in [2.75, 3.05) is 0 Å². The lowest BCUT2D eigenvalue weighted by Gasteiger charge is -2.03. The predicted molar refractivity (Wildman–Crippen MR) is 76.9 cm³/mol. The van der Waals surface area contributed by atoms with Crippen LogP contribution in [0, 0.1) is 0 Å². The monoisotopic (exact) mass is 294 g/mol. The number of rotatable bonds is 4. The van der Waals surface area contributed by atoms with E-state index in [0.717, 1.165) is 17.4 Å². The third-order valence-electron chi connectivity index (χ3n) is 3.05. The zero-order chi connectivity index (χ0) is 15.5. The molecule has 2 aromatic heterocycles. The van der Waals surface area contributed by atoms with Gasteiger partial charge in [0.25, 0.3) is 0 Å². The highest BCUT2D eigenvalue weighted by molar-refractivity contribution is 5.86. The van der Waals surface area contributed by atoms with Crippen molar-refractivity contribution in [1.82, 2.24) is 19.7 Å². The number of nitrogens with zero attached hydrogens (tertiary/aromatic N) is 4. The lowest BCUT2D eigenvalue weighted by Crippen LogP contribution is -2.01. The van der Waals surface area contributed by atoms with E-state index in [4.69, 9.17) is 5.11 Å². The topological polar surface area (TPSA) is 98.0 Å². The zero-order valence-corrected chi connectivity index (χ0v) is 11.2. The Labute approximate surface area is 124 Å². The first-order chi connectivity index (χ1) is 10.7. The van der Waals surface area contributed by atoms with Gasteiger partial charge in [0.15, 0.2) is 0 Å². The molecule has 3 rings (SSSR count). The highest BCUT2D eigenvalue weighted by Crippen LogP contribution is 2.18. The van der Waals surface area contributed by atoms with Gasteiger partial charge in [0.1, 0.15) is 6.29 Å². The SMILES string of the molecule is O=Cc1ccc(-c2cnc(-n3cc(C(=O)O)cn3)nc2)cc1. The molecule has 0 radical (unpaired) electrons. The van der Waals surface area contributed by atoms with E-state index >= 15 is 0 Å². The number of hydrogen-bond donors (Lipinski definition) is 1. The summed E-state index contributed by atoms with van der Waals surface area (Å²) in [4.78, 5) is 29.8. The van der Waals surface area contributed by atoms with Gasteiger partial charge in [0.05, 0.1) is 11.8 Å². The van der Waals surface area contributed by atoms with Crippen LogP contribution in [0.5, 0.6) is 0 Å². The Kier molecular flexibility index (Phi) is 3.45. The third-order valence-corrected chi connectivity index (χ3v) is 3.05. The molecular formula is C15H10N4O3. The van der Waals surface area contributed by atoms with E-state index in [1.54, 1.807) is 36.7 Å². The van der Waals surface area contributed by atoms with Gasteiger partial charge < -0.3 is 5.11 Å². The van der Waals surface area contributed by atoms with E-state index in [1.165, 1.54) is 17.1 Å². The minimum Gasteiger partial charge on any atom is -0.478 e. The Hall–Kier alpha value is -3.35. The van der Waals surface area contributed by atoms with Crippen molar-refractivity contribution < 1.29 is 14.7 Å². The number of carbonyl (C=O) groups is 2. The van der Waals surface area contributed by atoms with Crippen LogP contribution >= 0.6 is 0 Å². The average molecular weight is 294 g/mol. The Morgan fingerprint density at radius 2 is 1.73 bits per heavy atom. The van der Waals surface area contributed by atoms with Crippen molar-refractivity contribution in [3.63, 3.8) is 0 Å². The largest absolute Gasteiger partial charge is 0.478 e. The second-order valence-corrected chi connectivity index (χ2v) is 4.49. The summed E-state index contributed by atoms with van der Waals surface area (Å²) in [5.74, 6) is -0.779. The fraction of sp³-hybridized carbons (Fsp3) is 0. The number of aromatic carboxylic acids is 1. The van der Waals surface area contributed by atoms with Crippen LogP contribution in [0.3, 0.4) is 0 Å². The summed E-state index contributed by atoms with van der Waals surface area (Å²) in [6, 6.07) is 7.03. The van der Waals surface area contributed by atoms with E-state index in [2.05, 4.69) is 15.1 Å². The molecule has 2 heterocycles. The molecule has 1 aromatic carbocycles. The lowest BCUT2D eigenvalue weighted by molar-refractivity contribution is 0.0696. The van der Waals surface area contributed by atoms with Gasteiger partial charge in [-0.2, -0.15) is 5.10 Å². The summed E-state index contributed by atoms with van der Waals surface area (Å²) in [6.45, 7) is 0. The van der Waals surface area contributed by atoms with E-state index in [9.17, 15) is 9.59 Å². The van der Waals surface area contributed by atoms with Crippen molar-refractivity contribution in [2.45, 2.75) is 0 Å². The highest BCUT2D eigenvalue weighted by Gasteiger charge is 2.09. The van der Waals surface area contributed by atoms with Crippen LogP contribution in [-0.4, -0.2) is 37.1 Å². The van der Waals surface area contributed by atoms with E-state index < -0.39 is 5.97 Å². The van der Waals surface area contributed by atoms with Crippen LogP contribution in [-0.2, 0) is 0 Å². The number of carbonyl (C=O) groups excluding carboxylic acids is 1.